The standard InChI is InChI=1S/C80H91Cl2N11O28S2.CH4/c1-29(2)15-41(85-5)70(106)92-58-60(99)32-9-12-45(39(81)17-32)115-47-19-34-20-48(67(47)120-79-65(104)63(102)68(50(27-94)118-79)121-78-64(103)62(101)61(100)49(117-78)26-86-25-35-28-123-76(87-35)51-7-6-14-122-51)116-46-13-10-33(18-40(46)82)66(119-53-24-80(4,84)69(105)30(3)114-53)59-75(111)91-57(77(112)113)38-21-36(95)22-44(97)54(38)37-16-31(8-11-43(37)96)55(72(108)93-59)90-73(109)56(34)89-71(107)42(23-52(83)98)88-74(58)110;/h6-14,16-22,28-30,41-42,49-50,53,55-66,68-69,78-79,85-86,94-97,99-105H,15,23-27,84H2,1-5H3,(H2,83,98)(H,88,110)(H,89,107)(H,90,109)(H,91,111)(H,92,106)(H,93,108)(H,112,113);1H4/t30-,41+,42-,49+,50+,53?,55+,56+,57+,58+,59-,60+,61-,62-,63+,64+,65+,66+,68+,69-,78-,79-,80-;/m0./s1. The first-order chi connectivity index (χ1) is 58.4. The Morgan fingerprint density at radius 2 is 1.35 bits per heavy atom. The highest BCUT2D eigenvalue weighted by Crippen LogP contribution is 2.50. The van der Waals surface area contributed by atoms with E-state index in [1.54, 1.807) is 13.8 Å². The van der Waals surface area contributed by atoms with Gasteiger partial charge in [-0.15, -0.1) is 22.7 Å². The number of aliphatic hydroxyl groups is 8. The Bertz CT molecular complexity index is 5130. The summed E-state index contributed by atoms with van der Waals surface area (Å²) >= 11 is 17.4. The minimum atomic E-state index is -2.42. The number of rotatable bonds is 20. The largest absolute Gasteiger partial charge is 0.508 e. The predicted molar refractivity (Wildman–Crippen MR) is 439 cm³/mol. The predicted octanol–water partition coefficient (Wildman–Crippen LogP) is 1.55. The van der Waals surface area contributed by atoms with Gasteiger partial charge in [-0.1, -0.05) is 68.7 Å². The third-order valence-electron chi connectivity index (χ3n) is 21.6. The van der Waals surface area contributed by atoms with Crippen molar-refractivity contribution in [3.8, 4) is 67.0 Å². The molecule has 11 bridgehead atoms. The number of thiophene rings is 1. The highest BCUT2D eigenvalue weighted by molar-refractivity contribution is 7.20. The number of amides is 7. The number of aliphatic carboxylic acids is 1. The van der Waals surface area contributed by atoms with Crippen molar-refractivity contribution >= 4 is 93.2 Å². The van der Waals surface area contributed by atoms with Crippen LogP contribution in [0.15, 0.2) is 102 Å². The first-order valence-corrected chi connectivity index (χ1v) is 41.2. The molecule has 1 unspecified atom stereocenters. The van der Waals surface area contributed by atoms with Crippen LogP contribution in [-0.4, -0.2) is 243 Å². The number of phenolic OH excluding ortho intramolecular Hbond substituents is 3. The summed E-state index contributed by atoms with van der Waals surface area (Å²) in [7, 11) is 1.46. The zero-order chi connectivity index (χ0) is 88.6. The van der Waals surface area contributed by atoms with Gasteiger partial charge in [0.25, 0.3) is 0 Å². The van der Waals surface area contributed by atoms with Gasteiger partial charge in [-0.05, 0) is 122 Å². The van der Waals surface area contributed by atoms with E-state index in [-0.39, 0.29) is 56.0 Å². The van der Waals surface area contributed by atoms with Crippen LogP contribution in [-0.2, 0) is 68.6 Å². The van der Waals surface area contributed by atoms with E-state index < -0.39 is 279 Å². The lowest BCUT2D eigenvalue weighted by atomic mass is 9.86. The molecule has 2 aromatic heterocycles. The van der Waals surface area contributed by atoms with Gasteiger partial charge in [0.05, 0.1) is 51.9 Å². The number of aromatic hydroxyl groups is 3. The molecule has 0 spiro atoms. The van der Waals surface area contributed by atoms with Gasteiger partial charge in [0.15, 0.2) is 30.1 Å². The molecule has 0 radical (unpaired) electrons. The van der Waals surface area contributed by atoms with E-state index in [2.05, 4.69) is 47.5 Å². The Kier molecular flexibility index (Phi) is 29.1. The van der Waals surface area contributed by atoms with Crippen molar-refractivity contribution in [3.05, 3.63) is 145 Å². The van der Waals surface area contributed by atoms with Gasteiger partial charge >= 0.3 is 5.97 Å². The minimum Gasteiger partial charge on any atom is -0.508 e. The lowest BCUT2D eigenvalue weighted by Gasteiger charge is -2.46. The molecule has 0 saturated carbocycles. The Morgan fingerprint density at radius 1 is 0.702 bits per heavy atom. The number of fused-ring (bicyclic) bond motifs is 15. The number of aliphatic hydroxyl groups excluding tert-OH is 8. The fourth-order valence-electron chi connectivity index (χ4n) is 15.2. The van der Waals surface area contributed by atoms with Crippen LogP contribution in [0.1, 0.15) is 118 Å². The first-order valence-electron chi connectivity index (χ1n) is 38.7. The molecule has 3 saturated heterocycles. The van der Waals surface area contributed by atoms with Crippen molar-refractivity contribution in [2.24, 2.45) is 17.4 Å². The number of hydrogen-bond acceptors (Lipinski definition) is 33. The molecule has 8 aliphatic rings. The van der Waals surface area contributed by atoms with Crippen LogP contribution < -0.4 is 68.2 Å². The second kappa shape index (κ2) is 38.8. The Morgan fingerprint density at radius 3 is 1.98 bits per heavy atom. The molecule has 39 nitrogen and oxygen atoms in total. The summed E-state index contributed by atoms with van der Waals surface area (Å²) in [6.07, 6.45) is -29.0. The molecule has 10 heterocycles. The molecule has 3 fully saturated rings. The molecular formula is C81H95Cl2N11O28S2. The molecule has 124 heavy (non-hydrogen) atoms. The maximum atomic E-state index is 16.4. The SMILES string of the molecule is C.CN[C@H](CC(C)C)C(=O)N[C@H]1C(=O)N[C@@H](CC(N)=O)C(=O)N[C@H]2C(=O)N[C@H]3C(=O)N[C@H](C(=O)N[C@@H](C(=O)O)c4cc(O)cc(O)c4-c4cc3ccc4O)[C@H](OC3C[C@](C)(N)[C@@H](O)[C@H](C)O3)c3ccc(c(Cl)c3)Oc3cc2cc(c3O[C@@H]2O[C@H](CO)[C@@H](O[C@@H]3O[C@H](CNCc4csc(-c5cccs5)n4)[C@H](O)[C@H](O)[C@H]3O)[C@H](O)[C@H]2O)Oc2ccc(cc2Cl)[C@H]1O. The molecule has 24 N–H and O–H groups in total. The van der Waals surface area contributed by atoms with Gasteiger partial charge < -0.3 is 153 Å². The molecule has 8 aliphatic heterocycles. The zero-order valence-electron chi connectivity index (χ0n) is 65.9. The van der Waals surface area contributed by atoms with Gasteiger partial charge in [0.1, 0.15) is 125 Å². The Hall–Kier alpha value is -10.1. The Labute approximate surface area is 725 Å². The second-order valence-electron chi connectivity index (χ2n) is 31.1. The highest BCUT2D eigenvalue weighted by Gasteiger charge is 2.53. The second-order valence-corrected chi connectivity index (χ2v) is 33.7. The molecule has 5 aromatic carbocycles. The van der Waals surface area contributed by atoms with Crippen molar-refractivity contribution in [1.82, 2.24) is 47.5 Å². The number of carbonyl (C=O) groups is 8. The molecule has 7 aromatic rings. The summed E-state index contributed by atoms with van der Waals surface area (Å²) in [5.41, 5.74) is 8.63. The number of halogens is 2. The number of benzene rings is 5. The number of likely N-dealkylation sites (N-methyl/N-ethyl adjacent to an activating group) is 1. The molecule has 23 atom stereocenters. The lowest BCUT2D eigenvalue weighted by molar-refractivity contribution is -0.350. The fourth-order valence-corrected chi connectivity index (χ4v) is 17.3. The smallest absolute Gasteiger partial charge is 0.330 e. The number of carbonyl (C=O) groups excluding carboxylic acids is 7. The molecule has 0 aliphatic carbocycles. The summed E-state index contributed by atoms with van der Waals surface area (Å²) in [6, 6.07) is 2.81. The van der Waals surface area contributed by atoms with Crippen molar-refractivity contribution in [1.29, 1.82) is 0 Å². The molecule has 15 rings (SSSR count). The van der Waals surface area contributed by atoms with Gasteiger partial charge in [0.2, 0.25) is 53.4 Å². The number of nitrogens with one attached hydrogen (secondary N) is 8. The number of hydrogen-bond donors (Lipinski definition) is 22. The quantitative estimate of drug-likeness (QED) is 0.0515. The third-order valence-corrected chi connectivity index (χ3v) is 24.1. The van der Waals surface area contributed by atoms with E-state index in [1.807, 2.05) is 22.9 Å². The van der Waals surface area contributed by atoms with Crippen LogP contribution in [0.5, 0.6) is 46.0 Å². The van der Waals surface area contributed by atoms with E-state index >= 15 is 24.0 Å². The molecule has 43 heteroatoms. The van der Waals surface area contributed by atoms with Crippen LogP contribution >= 0.6 is 45.9 Å². The number of carboxylic acids is 1. The average Bonchev–Trinajstić information content (AvgIpc) is 0.875. The topological polar surface area (TPSA) is 614 Å². The van der Waals surface area contributed by atoms with Crippen molar-refractivity contribution < 1.29 is 138 Å². The third kappa shape index (κ3) is 20.1. The van der Waals surface area contributed by atoms with Gasteiger partial charge in [-0.25, -0.2) is 9.78 Å². The van der Waals surface area contributed by atoms with Gasteiger partial charge in [-0.3, -0.25) is 33.6 Å². The minimum absolute atomic E-state index is 0. The molecular weight excluding hydrogens is 1710 g/mol. The summed E-state index contributed by atoms with van der Waals surface area (Å²) < 4.78 is 51.2. The number of carboxylic acid groups (broad SMARTS) is 1. The number of ether oxygens (including phenoxy) is 8. The zero-order valence-corrected chi connectivity index (χ0v) is 69.1. The number of aromatic nitrogens is 1. The van der Waals surface area contributed by atoms with E-state index in [4.69, 9.17) is 72.6 Å². The number of nitrogens with two attached hydrogens (primary N) is 2. The summed E-state index contributed by atoms with van der Waals surface area (Å²) in [5, 5.41) is 164. The molecule has 7 amide bonds. The summed E-state index contributed by atoms with van der Waals surface area (Å²) in [6.45, 7) is 5.40. The van der Waals surface area contributed by atoms with Gasteiger partial charge in [-0.2, -0.15) is 0 Å². The van der Waals surface area contributed by atoms with E-state index in [9.17, 15) is 75.7 Å². The average molecular weight is 1810 g/mol. The van der Waals surface area contributed by atoms with E-state index in [0.29, 0.717) is 5.69 Å². The maximum Gasteiger partial charge on any atom is 0.330 e. The highest BCUT2D eigenvalue weighted by atomic mass is 35.5. The summed E-state index contributed by atoms with van der Waals surface area (Å²) in [4.78, 5) is 126. The van der Waals surface area contributed by atoms with Crippen LogP contribution in [0.25, 0.3) is 21.0 Å². The van der Waals surface area contributed by atoms with Crippen LogP contribution in [0.4, 0.5) is 0 Å². The number of nitrogens with zero attached hydrogens (tertiary/aromatic N) is 1. The fraction of sp³-hybridized carbons (Fsp3) is 0.444. The molecule has 668 valence electrons. The number of primary amides is 1. The normalized spacial score (nSPS) is 29.8. The van der Waals surface area contributed by atoms with Crippen molar-refractivity contribution in [2.75, 3.05) is 20.2 Å². The van der Waals surface area contributed by atoms with Crippen LogP contribution in [0.3, 0.4) is 0 Å². The lowest BCUT2D eigenvalue weighted by Crippen LogP contribution is -2.65. The van der Waals surface area contributed by atoms with Gasteiger partial charge in [0, 0.05) is 53.2 Å². The van der Waals surface area contributed by atoms with E-state index in [0.717, 1.165) is 76.6 Å². The monoisotopic (exact) mass is 1800 g/mol. The van der Waals surface area contributed by atoms with Crippen molar-refractivity contribution in [3.63, 3.8) is 0 Å². The number of thiazole rings is 1. The maximum absolute atomic E-state index is 16.4. The van der Waals surface area contributed by atoms with Crippen LogP contribution in [0, 0.1) is 5.92 Å². The van der Waals surface area contributed by atoms with Crippen molar-refractivity contribution in [2.45, 2.75) is 201 Å². The number of phenols is 3. The Balaban J connectivity index is 0.0000140. The summed E-state index contributed by atoms with van der Waals surface area (Å²) in [5.74, 6) is -16.6. The first kappa shape index (κ1) is 93.1. The van der Waals surface area contributed by atoms with Crippen LogP contribution in [0.2, 0.25) is 10.0 Å². The van der Waals surface area contributed by atoms with E-state index in [1.165, 1.54) is 55.7 Å².